The predicted octanol–water partition coefficient (Wildman–Crippen LogP) is 2.42. The van der Waals surface area contributed by atoms with Gasteiger partial charge in [-0.05, 0) is 32.1 Å². The summed E-state index contributed by atoms with van der Waals surface area (Å²) in [4.78, 5) is 14.6. The Balaban J connectivity index is 1.92. The number of amides is 1. The Labute approximate surface area is 94.2 Å². The van der Waals surface area contributed by atoms with Crippen LogP contribution in [-0.4, -0.2) is 28.2 Å². The molecule has 0 radical (unpaired) electrons. The molecule has 2 aliphatic rings. The van der Waals surface area contributed by atoms with Gasteiger partial charge in [0.05, 0.1) is 0 Å². The van der Waals surface area contributed by atoms with Crippen LogP contribution < -0.4 is 0 Å². The Bertz CT molecular complexity index is 237. The number of alkyl halides is 1. The van der Waals surface area contributed by atoms with Crippen molar-refractivity contribution in [2.75, 3.05) is 6.54 Å². The monoisotopic (exact) mass is 259 g/mol. The zero-order chi connectivity index (χ0) is 10.3. The summed E-state index contributed by atoms with van der Waals surface area (Å²) in [5.41, 5.74) is 0. The van der Waals surface area contributed by atoms with Crippen molar-refractivity contribution in [2.24, 2.45) is 11.8 Å². The zero-order valence-corrected chi connectivity index (χ0v) is 10.5. The first kappa shape index (κ1) is 10.5. The molecule has 0 aromatic rings. The molecule has 2 atom stereocenters. The number of nitrogens with zero attached hydrogens (tertiary/aromatic N) is 1. The van der Waals surface area contributed by atoms with Crippen LogP contribution in [0, 0.1) is 11.8 Å². The second-order valence-corrected chi connectivity index (χ2v) is 6.24. The normalized spacial score (nSPS) is 42.4. The van der Waals surface area contributed by atoms with E-state index < -0.39 is 0 Å². The third kappa shape index (κ3) is 1.83. The summed E-state index contributed by atoms with van der Waals surface area (Å²) in [6.45, 7) is 5.29. The number of halogens is 1. The van der Waals surface area contributed by atoms with E-state index in [-0.39, 0.29) is 0 Å². The van der Waals surface area contributed by atoms with E-state index in [1.807, 2.05) is 0 Å². The summed E-state index contributed by atoms with van der Waals surface area (Å²) in [6.07, 6.45) is 3.32. The molecule has 0 aromatic carbocycles. The summed E-state index contributed by atoms with van der Waals surface area (Å²) in [5.74, 6) is 1.50. The molecule has 14 heavy (non-hydrogen) atoms. The van der Waals surface area contributed by atoms with E-state index in [9.17, 15) is 4.79 Å². The molecule has 0 aromatic heterocycles. The van der Waals surface area contributed by atoms with Crippen LogP contribution in [0.5, 0.6) is 0 Å². The molecule has 0 spiro atoms. The van der Waals surface area contributed by atoms with E-state index in [4.69, 9.17) is 0 Å². The van der Waals surface area contributed by atoms with Crippen LogP contribution in [-0.2, 0) is 4.79 Å². The number of carbonyl (C=O) groups is 1. The Morgan fingerprint density at radius 1 is 1.29 bits per heavy atom. The minimum absolute atomic E-state index is 0.338. The molecule has 2 fully saturated rings. The van der Waals surface area contributed by atoms with Crippen molar-refractivity contribution in [1.82, 2.24) is 4.90 Å². The summed E-state index contributed by atoms with van der Waals surface area (Å²) < 4.78 is 0. The van der Waals surface area contributed by atoms with Gasteiger partial charge in [0.15, 0.2) is 0 Å². The largest absolute Gasteiger partial charge is 0.339 e. The average molecular weight is 260 g/mol. The Morgan fingerprint density at radius 3 is 2.36 bits per heavy atom. The van der Waals surface area contributed by atoms with E-state index in [0.29, 0.717) is 22.7 Å². The standard InChI is InChI=1S/C11H18BrNO/c1-7-3-9(4-7)11(14)13-6-10(12)5-8(13)2/h7-10H,3-6H2,1-2H3. The van der Waals surface area contributed by atoms with Crippen molar-refractivity contribution in [3.63, 3.8) is 0 Å². The summed E-state index contributed by atoms with van der Waals surface area (Å²) >= 11 is 3.59. The van der Waals surface area contributed by atoms with Crippen molar-refractivity contribution in [3.8, 4) is 0 Å². The topological polar surface area (TPSA) is 20.3 Å². The Hall–Kier alpha value is -0.0500. The molecule has 2 rings (SSSR count). The predicted molar refractivity (Wildman–Crippen MR) is 60.4 cm³/mol. The highest BCUT2D eigenvalue weighted by Gasteiger charge is 2.39. The lowest BCUT2D eigenvalue weighted by atomic mass is 9.75. The maximum atomic E-state index is 12.0. The van der Waals surface area contributed by atoms with Crippen molar-refractivity contribution in [1.29, 1.82) is 0 Å². The number of hydrogen-bond acceptors (Lipinski definition) is 1. The third-order valence-electron chi connectivity index (χ3n) is 3.53. The van der Waals surface area contributed by atoms with E-state index in [1.54, 1.807) is 0 Å². The van der Waals surface area contributed by atoms with Crippen molar-refractivity contribution >= 4 is 21.8 Å². The fourth-order valence-electron chi connectivity index (χ4n) is 2.61. The quantitative estimate of drug-likeness (QED) is 0.663. The number of hydrogen-bond donors (Lipinski definition) is 0. The lowest BCUT2D eigenvalue weighted by molar-refractivity contribution is -0.140. The molecule has 2 nitrogen and oxygen atoms in total. The molecule has 1 saturated heterocycles. The summed E-state index contributed by atoms with van der Waals surface area (Å²) in [7, 11) is 0. The van der Waals surface area contributed by atoms with Crippen LogP contribution in [0.15, 0.2) is 0 Å². The van der Waals surface area contributed by atoms with Crippen LogP contribution in [0.25, 0.3) is 0 Å². The van der Waals surface area contributed by atoms with Gasteiger partial charge in [0.2, 0.25) is 5.91 Å². The third-order valence-corrected chi connectivity index (χ3v) is 4.19. The first-order valence-corrected chi connectivity index (χ1v) is 6.44. The van der Waals surface area contributed by atoms with E-state index in [1.165, 1.54) is 0 Å². The fourth-order valence-corrected chi connectivity index (χ4v) is 3.46. The van der Waals surface area contributed by atoms with Crippen molar-refractivity contribution in [3.05, 3.63) is 0 Å². The van der Waals surface area contributed by atoms with Crippen LogP contribution >= 0.6 is 15.9 Å². The van der Waals surface area contributed by atoms with Crippen molar-refractivity contribution in [2.45, 2.75) is 44.0 Å². The van der Waals surface area contributed by atoms with Gasteiger partial charge in [0.25, 0.3) is 0 Å². The Kier molecular flexibility index (Phi) is 2.87. The molecule has 0 bridgehead atoms. The second-order valence-electron chi connectivity index (χ2n) is 4.95. The van der Waals surface area contributed by atoms with Gasteiger partial charge in [0, 0.05) is 23.3 Å². The lowest BCUT2D eigenvalue weighted by Gasteiger charge is -2.35. The van der Waals surface area contributed by atoms with E-state index in [2.05, 4.69) is 34.7 Å². The van der Waals surface area contributed by atoms with E-state index >= 15 is 0 Å². The maximum absolute atomic E-state index is 12.0. The summed E-state index contributed by atoms with van der Waals surface area (Å²) in [5, 5.41) is 0. The van der Waals surface area contributed by atoms with Gasteiger partial charge in [0.1, 0.15) is 0 Å². The first-order chi connectivity index (χ1) is 6.58. The van der Waals surface area contributed by atoms with Gasteiger partial charge >= 0.3 is 0 Å². The van der Waals surface area contributed by atoms with Crippen molar-refractivity contribution < 1.29 is 4.79 Å². The van der Waals surface area contributed by atoms with Gasteiger partial charge in [-0.15, -0.1) is 0 Å². The molecule has 1 saturated carbocycles. The fraction of sp³-hybridized carbons (Fsp3) is 0.909. The Morgan fingerprint density at radius 2 is 1.93 bits per heavy atom. The highest BCUT2D eigenvalue weighted by molar-refractivity contribution is 9.09. The highest BCUT2D eigenvalue weighted by Crippen LogP contribution is 2.36. The van der Waals surface area contributed by atoms with Crippen LogP contribution in [0.1, 0.15) is 33.1 Å². The zero-order valence-electron chi connectivity index (χ0n) is 8.87. The molecule has 1 amide bonds. The molecule has 0 N–H and O–H groups in total. The minimum Gasteiger partial charge on any atom is -0.339 e. The minimum atomic E-state index is 0.338. The number of rotatable bonds is 1. The second kappa shape index (κ2) is 3.84. The van der Waals surface area contributed by atoms with E-state index in [0.717, 1.165) is 31.7 Å². The van der Waals surface area contributed by atoms with Gasteiger partial charge in [-0.25, -0.2) is 0 Å². The van der Waals surface area contributed by atoms with Gasteiger partial charge in [-0.2, -0.15) is 0 Å². The molecule has 1 aliphatic carbocycles. The SMILES string of the molecule is CC1CC(C(=O)N2CC(Br)CC2C)C1. The number of likely N-dealkylation sites (tertiary alicyclic amines) is 1. The van der Waals surface area contributed by atoms with Gasteiger partial charge in [-0.3, -0.25) is 4.79 Å². The first-order valence-electron chi connectivity index (χ1n) is 5.52. The van der Waals surface area contributed by atoms with Gasteiger partial charge < -0.3 is 4.90 Å². The van der Waals surface area contributed by atoms with Crippen LogP contribution in [0.4, 0.5) is 0 Å². The molecule has 2 unspecified atom stereocenters. The molecular weight excluding hydrogens is 242 g/mol. The molecular formula is C11H18BrNO. The lowest BCUT2D eigenvalue weighted by Crippen LogP contribution is -2.43. The van der Waals surface area contributed by atoms with Crippen LogP contribution in [0.3, 0.4) is 0 Å². The maximum Gasteiger partial charge on any atom is 0.225 e. The molecule has 3 heteroatoms. The molecule has 1 aliphatic heterocycles. The molecule has 1 heterocycles. The van der Waals surface area contributed by atoms with Crippen LogP contribution in [0.2, 0.25) is 0 Å². The molecule has 80 valence electrons. The van der Waals surface area contributed by atoms with Gasteiger partial charge in [-0.1, -0.05) is 22.9 Å². The number of carbonyl (C=O) groups excluding carboxylic acids is 1. The highest BCUT2D eigenvalue weighted by atomic mass is 79.9. The smallest absolute Gasteiger partial charge is 0.225 e. The average Bonchev–Trinajstić information content (AvgIpc) is 2.39. The summed E-state index contributed by atoms with van der Waals surface area (Å²) in [6, 6.07) is 0.433.